The van der Waals surface area contributed by atoms with Gasteiger partial charge in [-0.15, -0.1) is 0 Å². The van der Waals surface area contributed by atoms with E-state index in [0.717, 1.165) is 16.6 Å². The molecule has 2 heterocycles. The number of carbonyl (C=O) groups is 4. The summed E-state index contributed by atoms with van der Waals surface area (Å²) in [5.41, 5.74) is 1.26. The lowest BCUT2D eigenvalue weighted by Crippen LogP contribution is -2.50. The van der Waals surface area contributed by atoms with Crippen LogP contribution in [0.15, 0.2) is 48.5 Å². The minimum absolute atomic E-state index is 0.00347. The smallest absolute Gasteiger partial charge is 0.314 e. The van der Waals surface area contributed by atoms with Crippen LogP contribution in [-0.4, -0.2) is 91.3 Å². The molecule has 0 aliphatic carbocycles. The average Bonchev–Trinajstić information content (AvgIpc) is 3.32. The molecule has 0 saturated carbocycles. The zero-order chi connectivity index (χ0) is 31.5. The van der Waals surface area contributed by atoms with Crippen molar-refractivity contribution in [3.63, 3.8) is 0 Å². The maximum Gasteiger partial charge on any atom is 0.314 e. The van der Waals surface area contributed by atoms with Gasteiger partial charge in [0.1, 0.15) is 18.1 Å². The summed E-state index contributed by atoms with van der Waals surface area (Å²) >= 11 is 0. The number of nitrogens with zero attached hydrogens (tertiary/aromatic N) is 3. The van der Waals surface area contributed by atoms with Crippen molar-refractivity contribution in [2.45, 2.75) is 39.7 Å². The molecule has 2 N–H and O–H groups in total. The molecule has 0 radical (unpaired) electrons. The van der Waals surface area contributed by atoms with Gasteiger partial charge < -0.3 is 34.3 Å². The van der Waals surface area contributed by atoms with Crippen molar-refractivity contribution in [3.05, 3.63) is 59.9 Å². The number of rotatable bonds is 8. The summed E-state index contributed by atoms with van der Waals surface area (Å²) in [4.78, 5) is 59.0. The van der Waals surface area contributed by atoms with Crippen molar-refractivity contribution in [1.82, 2.24) is 25.1 Å². The maximum atomic E-state index is 13.6. The van der Waals surface area contributed by atoms with E-state index in [4.69, 9.17) is 14.2 Å². The SMILES string of the molecule is CCOC(=O)C1(CCCOC)CNC(=O)CN(C(=O)Cn2c(C)nc3ccccc32)CCNC(=O)COc2cccc(c2)C1. The molecule has 1 atom stereocenters. The van der Waals surface area contributed by atoms with Crippen molar-refractivity contribution < 1.29 is 33.4 Å². The van der Waals surface area contributed by atoms with E-state index >= 15 is 0 Å². The van der Waals surface area contributed by atoms with Gasteiger partial charge in [-0.1, -0.05) is 24.3 Å². The summed E-state index contributed by atoms with van der Waals surface area (Å²) in [6.07, 6.45) is 1.21. The molecule has 1 aliphatic heterocycles. The number of nitrogens with one attached hydrogen (secondary N) is 2. The van der Waals surface area contributed by atoms with Crippen molar-refractivity contribution in [2.24, 2.45) is 5.41 Å². The van der Waals surface area contributed by atoms with E-state index in [0.29, 0.717) is 31.0 Å². The Morgan fingerprint density at radius 1 is 1.09 bits per heavy atom. The summed E-state index contributed by atoms with van der Waals surface area (Å²) in [6, 6.07) is 14.7. The lowest BCUT2D eigenvalue weighted by molar-refractivity contribution is -0.156. The van der Waals surface area contributed by atoms with Gasteiger partial charge in [-0.2, -0.15) is 0 Å². The molecule has 0 spiro atoms. The van der Waals surface area contributed by atoms with E-state index in [1.165, 1.54) is 4.90 Å². The Balaban J connectivity index is 1.61. The van der Waals surface area contributed by atoms with Gasteiger partial charge in [0, 0.05) is 33.4 Å². The Morgan fingerprint density at radius 3 is 2.70 bits per heavy atom. The number of methoxy groups -OCH3 is 1. The van der Waals surface area contributed by atoms with E-state index in [1.807, 2.05) is 37.3 Å². The highest BCUT2D eigenvalue weighted by Gasteiger charge is 2.40. The molecule has 4 rings (SSSR count). The van der Waals surface area contributed by atoms with Gasteiger partial charge in [0.05, 0.1) is 29.6 Å². The number of carbonyl (C=O) groups excluding carboxylic acids is 4. The molecule has 3 aromatic rings. The van der Waals surface area contributed by atoms with Gasteiger partial charge >= 0.3 is 5.97 Å². The predicted molar refractivity (Wildman–Crippen MR) is 163 cm³/mol. The lowest BCUT2D eigenvalue weighted by Gasteiger charge is -2.32. The summed E-state index contributed by atoms with van der Waals surface area (Å²) in [6.45, 7) is 3.87. The molecule has 12 heteroatoms. The van der Waals surface area contributed by atoms with Gasteiger partial charge in [-0.25, -0.2) is 4.98 Å². The number of esters is 1. The van der Waals surface area contributed by atoms with Crippen LogP contribution in [-0.2, 0) is 41.6 Å². The number of aromatic nitrogens is 2. The van der Waals surface area contributed by atoms with Crippen molar-refractivity contribution in [2.75, 3.05) is 53.1 Å². The number of hydrogen-bond acceptors (Lipinski definition) is 8. The van der Waals surface area contributed by atoms with Crippen LogP contribution in [0.25, 0.3) is 11.0 Å². The first-order valence-corrected chi connectivity index (χ1v) is 14.9. The fourth-order valence-electron chi connectivity index (χ4n) is 5.41. The van der Waals surface area contributed by atoms with Gasteiger partial charge in [0.15, 0.2) is 6.61 Å². The van der Waals surface area contributed by atoms with Gasteiger partial charge in [-0.3, -0.25) is 19.2 Å². The highest BCUT2D eigenvalue weighted by molar-refractivity contribution is 5.87. The number of para-hydroxylation sites is 2. The van der Waals surface area contributed by atoms with Crippen LogP contribution >= 0.6 is 0 Å². The maximum absolute atomic E-state index is 13.6. The van der Waals surface area contributed by atoms with Crippen LogP contribution in [0.4, 0.5) is 0 Å². The third kappa shape index (κ3) is 8.34. The second-order valence-corrected chi connectivity index (χ2v) is 10.9. The highest BCUT2D eigenvalue weighted by Crippen LogP contribution is 2.32. The summed E-state index contributed by atoms with van der Waals surface area (Å²) in [5.74, 6) is -0.397. The predicted octanol–water partition coefficient (Wildman–Crippen LogP) is 2.02. The van der Waals surface area contributed by atoms with Crippen LogP contribution in [0.5, 0.6) is 5.75 Å². The zero-order valence-electron chi connectivity index (χ0n) is 25.6. The summed E-state index contributed by atoms with van der Waals surface area (Å²) < 4.78 is 18.3. The second kappa shape index (κ2) is 15.3. The fourth-order valence-corrected chi connectivity index (χ4v) is 5.41. The van der Waals surface area contributed by atoms with E-state index in [1.54, 1.807) is 36.8 Å². The largest absolute Gasteiger partial charge is 0.484 e. The monoisotopic (exact) mass is 607 g/mol. The first-order valence-electron chi connectivity index (χ1n) is 14.9. The molecule has 1 unspecified atom stereocenters. The number of benzene rings is 2. The van der Waals surface area contributed by atoms with Crippen LogP contribution in [0.3, 0.4) is 0 Å². The van der Waals surface area contributed by atoms with Crippen LogP contribution in [0, 0.1) is 12.3 Å². The average molecular weight is 608 g/mol. The number of aryl methyl sites for hydroxylation is 1. The number of amides is 3. The number of imidazole rings is 1. The Kier molecular flexibility index (Phi) is 11.3. The Labute approximate surface area is 257 Å². The molecule has 12 nitrogen and oxygen atoms in total. The van der Waals surface area contributed by atoms with E-state index in [2.05, 4.69) is 15.6 Å². The first-order chi connectivity index (χ1) is 21.2. The van der Waals surface area contributed by atoms with Gasteiger partial charge in [0.25, 0.3) is 5.91 Å². The van der Waals surface area contributed by atoms with E-state index in [9.17, 15) is 19.2 Å². The van der Waals surface area contributed by atoms with Crippen LogP contribution in [0.1, 0.15) is 31.2 Å². The minimum Gasteiger partial charge on any atom is -0.484 e. The third-order valence-corrected chi connectivity index (χ3v) is 7.68. The molecular formula is C32H41N5O7. The van der Waals surface area contributed by atoms with Crippen LogP contribution in [0.2, 0.25) is 0 Å². The van der Waals surface area contributed by atoms with Crippen molar-refractivity contribution in [1.29, 1.82) is 0 Å². The zero-order valence-corrected chi connectivity index (χ0v) is 25.6. The molecule has 0 fully saturated rings. The fraction of sp³-hybridized carbons (Fsp3) is 0.469. The first kappa shape index (κ1) is 32.5. The molecule has 3 amide bonds. The molecule has 44 heavy (non-hydrogen) atoms. The van der Waals surface area contributed by atoms with E-state index in [-0.39, 0.29) is 64.2 Å². The lowest BCUT2D eigenvalue weighted by atomic mass is 9.77. The van der Waals surface area contributed by atoms with Crippen LogP contribution < -0.4 is 15.4 Å². The Morgan fingerprint density at radius 2 is 1.91 bits per heavy atom. The molecule has 0 saturated heterocycles. The molecule has 1 aliphatic rings. The van der Waals surface area contributed by atoms with Gasteiger partial charge in [0.2, 0.25) is 11.8 Å². The molecule has 2 bridgehead atoms. The van der Waals surface area contributed by atoms with Gasteiger partial charge in [-0.05, 0) is 62.9 Å². The normalized spacial score (nSPS) is 18.3. The number of fused-ring (bicyclic) bond motifs is 3. The number of hydrogen-bond donors (Lipinski definition) is 2. The Bertz CT molecular complexity index is 1470. The molecule has 2 aromatic carbocycles. The highest BCUT2D eigenvalue weighted by atomic mass is 16.5. The molecule has 236 valence electrons. The third-order valence-electron chi connectivity index (χ3n) is 7.68. The number of ether oxygens (including phenoxy) is 3. The standard InChI is InChI=1S/C32H41N5O7/c1-4-43-31(41)32(13-8-16-42-3)18-24-9-7-10-25(17-24)44-21-29(39)33-14-15-36(19-28(38)34-22-32)30(40)20-37-23(2)35-26-11-5-6-12-27(26)37/h5-7,9-12,17H,4,8,13-16,18-22H2,1-3H3,(H,33,39)(H,34,38). The molecular weight excluding hydrogens is 566 g/mol. The summed E-state index contributed by atoms with van der Waals surface area (Å²) in [7, 11) is 1.59. The van der Waals surface area contributed by atoms with E-state index < -0.39 is 17.3 Å². The van der Waals surface area contributed by atoms with Crippen molar-refractivity contribution in [3.8, 4) is 5.75 Å². The second-order valence-electron chi connectivity index (χ2n) is 10.9. The Hall–Kier alpha value is -4.45. The minimum atomic E-state index is -1.10. The molecule has 1 aromatic heterocycles. The topological polar surface area (TPSA) is 141 Å². The summed E-state index contributed by atoms with van der Waals surface area (Å²) in [5, 5.41) is 5.67. The quantitative estimate of drug-likeness (QED) is 0.293. The van der Waals surface area contributed by atoms with Crippen molar-refractivity contribution >= 4 is 34.7 Å².